The predicted octanol–water partition coefficient (Wildman–Crippen LogP) is 6.95. The Hall–Kier alpha value is -4.97. The maximum absolute atomic E-state index is 12.8. The number of rotatable bonds is 12. The van der Waals surface area contributed by atoms with Crippen molar-refractivity contribution < 1.29 is 23.8 Å². The van der Waals surface area contributed by atoms with Gasteiger partial charge in [0.25, 0.3) is 0 Å². The van der Waals surface area contributed by atoms with E-state index >= 15 is 0 Å². The molecule has 0 saturated carbocycles. The van der Waals surface area contributed by atoms with Crippen LogP contribution in [0, 0.1) is 0 Å². The number of methoxy groups -OCH3 is 2. The third kappa shape index (κ3) is 6.97. The summed E-state index contributed by atoms with van der Waals surface area (Å²) in [6.45, 7) is 0. The number of benzene rings is 4. The Morgan fingerprint density at radius 2 is 1.32 bits per heavy atom. The standard InChI is InChI=1S/C35H31NO5/c1-39-34-22-31-32(23-35(34)40-2)36-17-16-33(31)41-30-14-12-25(13-15-30)19-28(37)21-29(38)20-27-11-7-6-10-26(27)18-24-8-4-3-5-9-24/h3-17,22-23H,18-21H2,1-2H3. The lowest BCUT2D eigenvalue weighted by molar-refractivity contribution is -0.126. The van der Waals surface area contributed by atoms with Gasteiger partial charge in [-0.15, -0.1) is 0 Å². The highest BCUT2D eigenvalue weighted by Crippen LogP contribution is 2.36. The summed E-state index contributed by atoms with van der Waals surface area (Å²) in [5.74, 6) is 2.24. The molecule has 0 unspecified atom stereocenters. The minimum atomic E-state index is -0.106. The van der Waals surface area contributed by atoms with E-state index in [1.807, 2.05) is 72.8 Å². The van der Waals surface area contributed by atoms with E-state index in [4.69, 9.17) is 14.2 Å². The van der Waals surface area contributed by atoms with Crippen molar-refractivity contribution in [3.05, 3.63) is 126 Å². The molecule has 6 heteroatoms. The van der Waals surface area contributed by atoms with Gasteiger partial charge in [-0.25, -0.2) is 0 Å². The molecule has 0 radical (unpaired) electrons. The number of ketones is 2. The summed E-state index contributed by atoms with van der Waals surface area (Å²) in [5, 5.41) is 0.785. The van der Waals surface area contributed by atoms with E-state index < -0.39 is 0 Å². The average Bonchev–Trinajstić information content (AvgIpc) is 2.99. The molecule has 5 aromatic rings. The van der Waals surface area contributed by atoms with E-state index in [0.717, 1.165) is 34.0 Å². The second kappa shape index (κ2) is 12.9. The quantitative estimate of drug-likeness (QED) is 0.158. The lowest BCUT2D eigenvalue weighted by Gasteiger charge is -2.12. The molecule has 5 rings (SSSR count). The number of hydrogen-bond acceptors (Lipinski definition) is 6. The fraction of sp³-hybridized carbons (Fsp3) is 0.171. The van der Waals surface area contributed by atoms with E-state index in [1.54, 1.807) is 32.5 Å². The molecule has 0 fully saturated rings. The van der Waals surface area contributed by atoms with Gasteiger partial charge in [0, 0.05) is 30.5 Å². The third-order valence-electron chi connectivity index (χ3n) is 6.90. The first-order valence-electron chi connectivity index (χ1n) is 13.4. The van der Waals surface area contributed by atoms with Gasteiger partial charge in [-0.1, -0.05) is 66.7 Å². The molecule has 206 valence electrons. The van der Waals surface area contributed by atoms with Gasteiger partial charge in [0.2, 0.25) is 0 Å². The first-order chi connectivity index (χ1) is 20.0. The number of nitrogens with zero attached hydrogens (tertiary/aromatic N) is 1. The van der Waals surface area contributed by atoms with Gasteiger partial charge in [-0.3, -0.25) is 14.6 Å². The molecule has 41 heavy (non-hydrogen) atoms. The Kier molecular flexibility index (Phi) is 8.70. The molecule has 0 aliphatic rings. The van der Waals surface area contributed by atoms with E-state index in [0.29, 0.717) is 23.0 Å². The first kappa shape index (κ1) is 27.6. The summed E-state index contributed by atoms with van der Waals surface area (Å²) >= 11 is 0. The summed E-state index contributed by atoms with van der Waals surface area (Å²) in [7, 11) is 3.16. The van der Waals surface area contributed by atoms with E-state index in [9.17, 15) is 9.59 Å². The highest BCUT2D eigenvalue weighted by atomic mass is 16.5. The summed E-state index contributed by atoms with van der Waals surface area (Å²) in [5.41, 5.74) is 4.80. The van der Waals surface area contributed by atoms with Gasteiger partial charge in [0.05, 0.1) is 26.2 Å². The van der Waals surface area contributed by atoms with Crippen LogP contribution < -0.4 is 14.2 Å². The van der Waals surface area contributed by atoms with E-state index in [1.165, 1.54) is 5.56 Å². The zero-order valence-electron chi connectivity index (χ0n) is 23.1. The van der Waals surface area contributed by atoms with E-state index in [2.05, 4.69) is 17.1 Å². The molecule has 6 nitrogen and oxygen atoms in total. The van der Waals surface area contributed by atoms with Crippen LogP contribution >= 0.6 is 0 Å². The second-order valence-corrected chi connectivity index (χ2v) is 9.82. The molecule has 0 N–H and O–H groups in total. The fourth-order valence-electron chi connectivity index (χ4n) is 4.84. The third-order valence-corrected chi connectivity index (χ3v) is 6.90. The van der Waals surface area contributed by atoms with Crippen molar-refractivity contribution in [3.63, 3.8) is 0 Å². The Bertz CT molecular complexity index is 1660. The van der Waals surface area contributed by atoms with Gasteiger partial charge in [-0.05, 0) is 52.9 Å². The Morgan fingerprint density at radius 1 is 0.659 bits per heavy atom. The van der Waals surface area contributed by atoms with Crippen molar-refractivity contribution in [3.8, 4) is 23.0 Å². The van der Waals surface area contributed by atoms with Crippen LogP contribution in [0.4, 0.5) is 0 Å². The highest BCUT2D eigenvalue weighted by Gasteiger charge is 2.15. The molecule has 1 aromatic heterocycles. The zero-order chi connectivity index (χ0) is 28.6. The minimum Gasteiger partial charge on any atom is -0.493 e. The summed E-state index contributed by atoms with van der Waals surface area (Å²) in [6, 6.07) is 30.8. The van der Waals surface area contributed by atoms with Crippen LogP contribution in [0.15, 0.2) is 103 Å². The van der Waals surface area contributed by atoms with Gasteiger partial charge in [0.1, 0.15) is 23.1 Å². The van der Waals surface area contributed by atoms with Crippen LogP contribution in [0.25, 0.3) is 10.9 Å². The normalized spacial score (nSPS) is 10.8. The van der Waals surface area contributed by atoms with Crippen LogP contribution in [0.5, 0.6) is 23.0 Å². The lowest BCUT2D eigenvalue weighted by Crippen LogP contribution is -2.13. The van der Waals surface area contributed by atoms with Crippen LogP contribution in [-0.4, -0.2) is 30.8 Å². The molecule has 0 bridgehead atoms. The van der Waals surface area contributed by atoms with Crippen molar-refractivity contribution in [1.82, 2.24) is 4.98 Å². The maximum atomic E-state index is 12.8. The molecule has 0 atom stereocenters. The summed E-state index contributed by atoms with van der Waals surface area (Å²) in [4.78, 5) is 30.0. The fourth-order valence-corrected chi connectivity index (χ4v) is 4.84. The largest absolute Gasteiger partial charge is 0.493 e. The molecular formula is C35H31NO5. The Morgan fingerprint density at radius 3 is 2.05 bits per heavy atom. The number of aromatic nitrogens is 1. The molecular weight excluding hydrogens is 514 g/mol. The Balaban J connectivity index is 1.19. The SMILES string of the molecule is COc1cc2nccc(Oc3ccc(CC(=O)CC(=O)Cc4ccccc4Cc4ccccc4)cc3)c2cc1OC. The average molecular weight is 546 g/mol. The summed E-state index contributed by atoms with van der Waals surface area (Å²) < 4.78 is 16.9. The van der Waals surface area contributed by atoms with Crippen LogP contribution in [0.2, 0.25) is 0 Å². The topological polar surface area (TPSA) is 74.7 Å². The number of carbonyl (C=O) groups excluding carboxylic acids is 2. The van der Waals surface area contributed by atoms with Gasteiger partial charge in [0.15, 0.2) is 11.5 Å². The molecule has 4 aromatic carbocycles. The van der Waals surface area contributed by atoms with Crippen molar-refractivity contribution in [1.29, 1.82) is 0 Å². The van der Waals surface area contributed by atoms with E-state index in [-0.39, 0.29) is 30.8 Å². The van der Waals surface area contributed by atoms with Gasteiger partial charge in [-0.2, -0.15) is 0 Å². The van der Waals surface area contributed by atoms with Crippen LogP contribution in [0.1, 0.15) is 28.7 Å². The van der Waals surface area contributed by atoms with Crippen LogP contribution in [-0.2, 0) is 28.9 Å². The second-order valence-electron chi connectivity index (χ2n) is 9.82. The molecule has 1 heterocycles. The minimum absolute atomic E-state index is 0.0768. The Labute approximate surface area is 239 Å². The van der Waals surface area contributed by atoms with Gasteiger partial charge >= 0.3 is 0 Å². The molecule has 0 aliphatic carbocycles. The van der Waals surface area contributed by atoms with Crippen molar-refractivity contribution in [2.45, 2.75) is 25.7 Å². The van der Waals surface area contributed by atoms with Crippen molar-refractivity contribution in [2.75, 3.05) is 14.2 Å². The highest BCUT2D eigenvalue weighted by molar-refractivity contribution is 6.00. The first-order valence-corrected chi connectivity index (χ1v) is 13.4. The maximum Gasteiger partial charge on any atom is 0.162 e. The monoisotopic (exact) mass is 545 g/mol. The number of hydrogen-bond donors (Lipinski definition) is 0. The lowest BCUT2D eigenvalue weighted by atomic mass is 9.95. The molecule has 0 aliphatic heterocycles. The number of ether oxygens (including phenoxy) is 3. The van der Waals surface area contributed by atoms with Crippen LogP contribution in [0.3, 0.4) is 0 Å². The predicted molar refractivity (Wildman–Crippen MR) is 159 cm³/mol. The molecule has 0 saturated heterocycles. The zero-order valence-corrected chi connectivity index (χ0v) is 23.1. The number of carbonyl (C=O) groups is 2. The molecule has 0 spiro atoms. The van der Waals surface area contributed by atoms with Crippen molar-refractivity contribution >= 4 is 22.5 Å². The molecule has 0 amide bonds. The number of Topliss-reactive ketones (excluding diaryl/α,β-unsaturated/α-hetero) is 2. The van der Waals surface area contributed by atoms with Crippen molar-refractivity contribution in [2.24, 2.45) is 0 Å². The summed E-state index contributed by atoms with van der Waals surface area (Å²) in [6.07, 6.45) is 2.77. The smallest absolute Gasteiger partial charge is 0.162 e. The number of pyridine rings is 1. The number of fused-ring (bicyclic) bond motifs is 1. The van der Waals surface area contributed by atoms with Gasteiger partial charge < -0.3 is 14.2 Å².